The number of benzene rings is 2. The standard InChI is InChI=1S/C29H30N2O8/c1-31(2)23-18-11-15-10-17-16(14-6-4-5-13(9-14)12-39-3)7-8-19(32)21(17)24(33)20(15)26(35)29(18,38)27(36)22(25(23)34)28(30)37/h4-9,15,18,23,32-33,36,38H,10-12H2,1-3H3,(H2,30,37)/t15-,18-,23-,29-/m0/s1. The van der Waals surface area contributed by atoms with Gasteiger partial charge < -0.3 is 30.9 Å². The molecule has 5 rings (SSSR count). The van der Waals surface area contributed by atoms with Crippen LogP contribution in [0.3, 0.4) is 0 Å². The summed E-state index contributed by atoms with van der Waals surface area (Å²) >= 11 is 0. The fourth-order valence-electron chi connectivity index (χ4n) is 6.51. The molecule has 0 aliphatic heterocycles. The van der Waals surface area contributed by atoms with Crippen LogP contribution in [0.1, 0.15) is 23.1 Å². The second-order valence-corrected chi connectivity index (χ2v) is 10.6. The van der Waals surface area contributed by atoms with E-state index in [1.807, 2.05) is 24.3 Å². The third-order valence-electron chi connectivity index (χ3n) is 8.15. The van der Waals surface area contributed by atoms with Gasteiger partial charge in [-0.05, 0) is 67.2 Å². The van der Waals surface area contributed by atoms with Crippen molar-refractivity contribution in [1.29, 1.82) is 0 Å². The number of phenols is 1. The van der Waals surface area contributed by atoms with Gasteiger partial charge in [0.1, 0.15) is 22.8 Å². The van der Waals surface area contributed by atoms with Gasteiger partial charge in [-0.25, -0.2) is 0 Å². The van der Waals surface area contributed by atoms with Gasteiger partial charge in [-0.2, -0.15) is 0 Å². The number of ether oxygens (including phenoxy) is 1. The van der Waals surface area contributed by atoms with Gasteiger partial charge >= 0.3 is 0 Å². The summed E-state index contributed by atoms with van der Waals surface area (Å²) in [6.07, 6.45) is 0.247. The molecule has 3 aliphatic rings. The molecule has 0 heterocycles. The average Bonchev–Trinajstić information content (AvgIpc) is 2.86. The van der Waals surface area contributed by atoms with E-state index in [1.165, 1.54) is 11.0 Å². The summed E-state index contributed by atoms with van der Waals surface area (Å²) in [5.41, 5.74) is 4.83. The number of amides is 1. The molecule has 1 amide bonds. The first kappa shape index (κ1) is 26.6. The van der Waals surface area contributed by atoms with Gasteiger partial charge in [0.25, 0.3) is 5.91 Å². The number of hydrogen-bond donors (Lipinski definition) is 5. The Hall–Kier alpha value is -3.99. The summed E-state index contributed by atoms with van der Waals surface area (Å²) in [5.74, 6) is -6.72. The number of nitrogens with two attached hydrogens (primary N) is 1. The van der Waals surface area contributed by atoms with Crippen LogP contribution in [0.15, 0.2) is 53.3 Å². The number of carbonyl (C=O) groups excluding carboxylic acids is 3. The van der Waals surface area contributed by atoms with Crippen LogP contribution in [-0.2, 0) is 32.1 Å². The highest BCUT2D eigenvalue weighted by Gasteiger charge is 2.64. The van der Waals surface area contributed by atoms with Crippen LogP contribution in [-0.4, -0.2) is 75.6 Å². The van der Waals surface area contributed by atoms with Gasteiger partial charge in [-0.1, -0.05) is 24.3 Å². The first-order chi connectivity index (χ1) is 18.4. The fraction of sp³-hybridized carbons (Fsp3) is 0.345. The average molecular weight is 535 g/mol. The fourth-order valence-corrected chi connectivity index (χ4v) is 6.51. The summed E-state index contributed by atoms with van der Waals surface area (Å²) in [4.78, 5) is 40.7. The van der Waals surface area contributed by atoms with Crippen molar-refractivity contribution in [2.24, 2.45) is 17.6 Å². The molecular formula is C29H30N2O8. The topological polar surface area (TPSA) is 171 Å². The quantitative estimate of drug-likeness (QED) is 0.359. The second kappa shape index (κ2) is 9.33. The second-order valence-electron chi connectivity index (χ2n) is 10.6. The molecule has 2 aromatic carbocycles. The van der Waals surface area contributed by atoms with Gasteiger partial charge in [0.05, 0.1) is 18.2 Å². The van der Waals surface area contributed by atoms with Gasteiger partial charge in [-0.3, -0.25) is 19.3 Å². The van der Waals surface area contributed by atoms with Crippen LogP contribution >= 0.6 is 0 Å². The van der Waals surface area contributed by atoms with Crippen molar-refractivity contribution < 1.29 is 39.5 Å². The van der Waals surface area contributed by atoms with Gasteiger partial charge in [0.2, 0.25) is 5.78 Å². The maximum Gasteiger partial charge on any atom is 0.255 e. The molecule has 1 saturated carbocycles. The van der Waals surface area contributed by atoms with Crippen LogP contribution in [0.5, 0.6) is 5.75 Å². The largest absolute Gasteiger partial charge is 0.508 e. The van der Waals surface area contributed by atoms with Crippen LogP contribution in [0.4, 0.5) is 0 Å². The van der Waals surface area contributed by atoms with Crippen LogP contribution in [0, 0.1) is 11.8 Å². The lowest BCUT2D eigenvalue weighted by molar-refractivity contribution is -0.153. The predicted molar refractivity (Wildman–Crippen MR) is 140 cm³/mol. The Morgan fingerprint density at radius 2 is 1.87 bits per heavy atom. The van der Waals surface area contributed by atoms with Crippen molar-refractivity contribution in [3.8, 4) is 16.9 Å². The Balaban J connectivity index is 1.72. The molecule has 10 nitrogen and oxygen atoms in total. The maximum atomic E-state index is 13.9. The molecule has 0 spiro atoms. The number of primary amides is 1. The summed E-state index contributed by atoms with van der Waals surface area (Å²) in [7, 11) is 4.73. The van der Waals surface area contributed by atoms with Crippen molar-refractivity contribution in [2.45, 2.75) is 31.1 Å². The first-order valence-corrected chi connectivity index (χ1v) is 12.5. The van der Waals surface area contributed by atoms with E-state index in [0.29, 0.717) is 12.2 Å². The number of aromatic hydroxyl groups is 1. The zero-order valence-electron chi connectivity index (χ0n) is 21.8. The Morgan fingerprint density at radius 1 is 1.15 bits per heavy atom. The van der Waals surface area contributed by atoms with E-state index in [2.05, 4.69) is 0 Å². The van der Waals surface area contributed by atoms with E-state index >= 15 is 0 Å². The summed E-state index contributed by atoms with van der Waals surface area (Å²) in [6, 6.07) is 9.64. The molecule has 4 atom stereocenters. The van der Waals surface area contributed by atoms with E-state index in [9.17, 15) is 34.8 Å². The predicted octanol–water partition coefficient (Wildman–Crippen LogP) is 1.78. The van der Waals surface area contributed by atoms with Gasteiger partial charge in [0, 0.05) is 18.6 Å². The minimum Gasteiger partial charge on any atom is -0.508 e. The smallest absolute Gasteiger partial charge is 0.255 e. The van der Waals surface area contributed by atoms with Crippen LogP contribution < -0.4 is 5.73 Å². The molecular weight excluding hydrogens is 504 g/mol. The Bertz CT molecular complexity index is 1490. The molecule has 0 aromatic heterocycles. The SMILES string of the molecule is COCc1cccc(-c2ccc(O)c3c2C[C@H]2C[C@H]4[C@H](N(C)C)C(=O)C(C(N)=O)=C(O)[C@@]4(O)C(=O)C2=C3O)c1. The Labute approximate surface area is 224 Å². The monoisotopic (exact) mass is 534 g/mol. The van der Waals surface area contributed by atoms with Crippen molar-refractivity contribution in [2.75, 3.05) is 21.2 Å². The molecule has 0 bridgehead atoms. The molecule has 39 heavy (non-hydrogen) atoms. The number of methoxy groups -OCH3 is 1. The highest BCUT2D eigenvalue weighted by atomic mass is 16.5. The minimum atomic E-state index is -2.66. The van der Waals surface area contributed by atoms with E-state index in [1.54, 1.807) is 27.3 Å². The summed E-state index contributed by atoms with van der Waals surface area (Å²) in [6.45, 7) is 0.394. The van der Waals surface area contributed by atoms with Crippen LogP contribution in [0.25, 0.3) is 16.9 Å². The summed E-state index contributed by atoms with van der Waals surface area (Å²) < 4.78 is 5.25. The van der Waals surface area contributed by atoms with Gasteiger partial charge in [-0.15, -0.1) is 0 Å². The number of rotatable bonds is 5. The highest BCUT2D eigenvalue weighted by Crippen LogP contribution is 2.53. The molecule has 1 fully saturated rings. The molecule has 10 heteroatoms. The number of aliphatic hydroxyl groups is 3. The first-order valence-electron chi connectivity index (χ1n) is 12.5. The number of likely N-dealkylation sites (N-methyl/N-ethyl adjacent to an activating group) is 1. The number of fused-ring (bicyclic) bond motifs is 3. The lowest BCUT2D eigenvalue weighted by Crippen LogP contribution is -2.65. The molecule has 0 unspecified atom stereocenters. The maximum absolute atomic E-state index is 13.9. The number of hydrogen-bond acceptors (Lipinski definition) is 9. The van der Waals surface area contributed by atoms with E-state index in [0.717, 1.165) is 16.7 Å². The lowest BCUT2D eigenvalue weighted by Gasteiger charge is -2.50. The molecule has 6 N–H and O–H groups in total. The van der Waals surface area contributed by atoms with E-state index in [4.69, 9.17) is 10.5 Å². The lowest BCUT2D eigenvalue weighted by atomic mass is 9.57. The van der Waals surface area contributed by atoms with E-state index < -0.39 is 58.0 Å². The normalized spacial score (nSPS) is 26.4. The molecule has 3 aliphatic carbocycles. The number of phenolic OH excluding ortho intramolecular Hbond substituents is 1. The summed E-state index contributed by atoms with van der Waals surface area (Å²) in [5, 5.41) is 44.8. The third kappa shape index (κ3) is 3.78. The zero-order chi connectivity index (χ0) is 28.4. The molecule has 0 radical (unpaired) electrons. The van der Waals surface area contributed by atoms with E-state index in [-0.39, 0.29) is 29.7 Å². The number of carbonyl (C=O) groups is 3. The highest BCUT2D eigenvalue weighted by molar-refractivity contribution is 6.24. The minimum absolute atomic E-state index is 0.0323. The Kier molecular flexibility index (Phi) is 6.37. The number of nitrogens with zero attached hydrogens (tertiary/aromatic N) is 1. The number of Topliss-reactive ketones (excluding diaryl/α,β-unsaturated/α-hetero) is 2. The third-order valence-corrected chi connectivity index (χ3v) is 8.15. The van der Waals surface area contributed by atoms with Crippen molar-refractivity contribution in [3.63, 3.8) is 0 Å². The van der Waals surface area contributed by atoms with Crippen LogP contribution in [0.2, 0.25) is 0 Å². The Morgan fingerprint density at radius 3 is 2.51 bits per heavy atom. The van der Waals surface area contributed by atoms with Crippen molar-refractivity contribution >= 4 is 23.2 Å². The van der Waals surface area contributed by atoms with Crippen molar-refractivity contribution in [3.05, 3.63) is 70.0 Å². The molecule has 204 valence electrons. The van der Waals surface area contributed by atoms with Gasteiger partial charge in [0.15, 0.2) is 11.4 Å². The number of aliphatic hydroxyl groups excluding tert-OH is 2. The number of ketones is 2. The zero-order valence-corrected chi connectivity index (χ0v) is 21.8. The molecule has 0 saturated heterocycles. The molecule has 2 aromatic rings. The van der Waals surface area contributed by atoms with Crippen molar-refractivity contribution in [1.82, 2.24) is 4.90 Å².